The minimum Gasteiger partial charge on any atom is -0.748 e. The van der Waals surface area contributed by atoms with Crippen LogP contribution in [0, 0.1) is 0 Å². The second-order valence-electron chi connectivity index (χ2n) is 5.54. The lowest BCUT2D eigenvalue weighted by Gasteiger charge is -2.07. The summed E-state index contributed by atoms with van der Waals surface area (Å²) in [6.07, 6.45) is 0.109. The van der Waals surface area contributed by atoms with Crippen LogP contribution in [0.4, 0.5) is 0 Å². The van der Waals surface area contributed by atoms with Gasteiger partial charge in [0.2, 0.25) is 6.79 Å². The van der Waals surface area contributed by atoms with Crippen LogP contribution >= 0.6 is 0 Å². The number of carbonyl (C=O) groups is 4. The van der Waals surface area contributed by atoms with Gasteiger partial charge in [-0.3, -0.25) is 19.2 Å². The molecule has 0 N–H and O–H groups in total. The van der Waals surface area contributed by atoms with Gasteiger partial charge in [0, 0.05) is 13.0 Å². The third kappa shape index (κ3) is 36.1. The zero-order valence-corrected chi connectivity index (χ0v) is 21.7. The van der Waals surface area contributed by atoms with Crippen LogP contribution in [0.2, 0.25) is 0 Å². The Hall–Kier alpha value is -2.43. The average Bonchev–Trinajstić information content (AvgIpc) is 2.65. The normalized spacial score (nSPS) is 10.9. The maximum Gasteiger partial charge on any atom is 0.322 e. The van der Waals surface area contributed by atoms with E-state index in [-0.39, 0.29) is 19.8 Å². The molecule has 0 fully saturated rings. The Kier molecular flexibility index (Phi) is 20.9. The van der Waals surface area contributed by atoms with Crippen molar-refractivity contribution >= 4 is 54.2 Å². The first-order chi connectivity index (χ1) is 16.3. The first-order valence-electron chi connectivity index (χ1n) is 9.27. The van der Waals surface area contributed by atoms with E-state index in [4.69, 9.17) is 0 Å². The molecular formula is C15H25O18S3-3. The van der Waals surface area contributed by atoms with Gasteiger partial charge >= 0.3 is 23.9 Å². The molecule has 0 unspecified atom stereocenters. The monoisotopic (exact) mass is 589 g/mol. The molecule has 0 aliphatic carbocycles. The standard InChI is InChI=1S/C6H10O7S.C5H10O6S.C4H8O5S/c1-2-5(7)12-4-13-6(8)3-14(9,10)11;1-2-10-4-11-5(6)3-12(7,8)9;1-2-9-4(5)3-10(6,7)8/h2-4H2,1H3,(H,9,10,11);2-4H2,1H3,(H,7,8,9);2-3H2,1H3,(H,6,7,8)/p-3. The molecule has 0 aliphatic rings. The molecule has 0 saturated carbocycles. The van der Waals surface area contributed by atoms with Gasteiger partial charge in [0.15, 0.2) is 6.79 Å². The van der Waals surface area contributed by atoms with Crippen LogP contribution in [0.3, 0.4) is 0 Å². The lowest BCUT2D eigenvalue weighted by atomic mass is 10.5. The van der Waals surface area contributed by atoms with Gasteiger partial charge in [-0.25, -0.2) is 25.3 Å². The van der Waals surface area contributed by atoms with E-state index in [0.717, 1.165) is 0 Å². The predicted molar refractivity (Wildman–Crippen MR) is 110 cm³/mol. The van der Waals surface area contributed by atoms with Crippen molar-refractivity contribution < 1.29 is 81.8 Å². The van der Waals surface area contributed by atoms with Crippen molar-refractivity contribution in [1.29, 1.82) is 0 Å². The molecule has 0 radical (unpaired) electrons. The van der Waals surface area contributed by atoms with Gasteiger partial charge in [-0.2, -0.15) is 0 Å². The molecule has 36 heavy (non-hydrogen) atoms. The first kappa shape index (κ1) is 38.1. The van der Waals surface area contributed by atoms with Crippen LogP contribution < -0.4 is 0 Å². The first-order valence-corrected chi connectivity index (χ1v) is 14.0. The number of rotatable bonds is 13. The molecule has 0 heterocycles. The summed E-state index contributed by atoms with van der Waals surface area (Å²) in [7, 11) is -13.7. The molecule has 0 aromatic rings. The molecule has 0 bridgehead atoms. The summed E-state index contributed by atoms with van der Waals surface area (Å²) >= 11 is 0. The summed E-state index contributed by atoms with van der Waals surface area (Å²) in [4.78, 5) is 41.7. The van der Waals surface area contributed by atoms with Gasteiger partial charge in [0.05, 0.1) is 6.61 Å². The summed E-state index contributed by atoms with van der Waals surface area (Å²) < 4.78 is 111. The molecule has 0 spiro atoms. The summed E-state index contributed by atoms with van der Waals surface area (Å²) in [6, 6.07) is 0. The molecule has 0 aromatic heterocycles. The van der Waals surface area contributed by atoms with Crippen molar-refractivity contribution in [1.82, 2.24) is 0 Å². The van der Waals surface area contributed by atoms with E-state index in [9.17, 15) is 58.1 Å². The number of esters is 4. The van der Waals surface area contributed by atoms with E-state index in [1.807, 2.05) is 0 Å². The highest BCUT2D eigenvalue weighted by Crippen LogP contribution is 1.90. The fraction of sp³-hybridized carbons (Fsp3) is 0.733. The van der Waals surface area contributed by atoms with E-state index in [2.05, 4.69) is 23.7 Å². The summed E-state index contributed by atoms with van der Waals surface area (Å²) in [6.45, 7) is 4.15. The number of carbonyl (C=O) groups excluding carboxylic acids is 4. The van der Waals surface area contributed by atoms with Gasteiger partial charge in [-0.05, 0) is 13.8 Å². The third-order valence-electron chi connectivity index (χ3n) is 2.43. The van der Waals surface area contributed by atoms with E-state index in [1.165, 1.54) is 13.8 Å². The third-order valence-corrected chi connectivity index (χ3v) is 4.19. The molecule has 0 amide bonds. The average molecular weight is 590 g/mol. The molecule has 0 atom stereocenters. The maximum absolute atomic E-state index is 10.5. The van der Waals surface area contributed by atoms with E-state index in [0.29, 0.717) is 6.61 Å². The predicted octanol–water partition coefficient (Wildman–Crippen LogP) is -2.85. The Morgan fingerprint density at radius 3 is 1.17 bits per heavy atom. The van der Waals surface area contributed by atoms with Gasteiger partial charge in [0.25, 0.3) is 0 Å². The second-order valence-corrected chi connectivity index (χ2v) is 9.75. The van der Waals surface area contributed by atoms with Gasteiger partial charge in [0.1, 0.15) is 47.6 Å². The molecule has 21 heteroatoms. The topological polar surface area (TPSA) is 286 Å². The Morgan fingerprint density at radius 2 is 0.861 bits per heavy atom. The Labute approximate surface area is 207 Å². The zero-order valence-electron chi connectivity index (χ0n) is 19.2. The molecule has 0 aliphatic heterocycles. The van der Waals surface area contributed by atoms with Crippen LogP contribution in [0.15, 0.2) is 0 Å². The van der Waals surface area contributed by atoms with Crippen LogP contribution in [0.5, 0.6) is 0 Å². The van der Waals surface area contributed by atoms with Crippen LogP contribution in [0.25, 0.3) is 0 Å². The minimum absolute atomic E-state index is 0.0777. The summed E-state index contributed by atoms with van der Waals surface area (Å²) in [5, 5.41) is 0. The molecular weight excluding hydrogens is 564 g/mol. The van der Waals surface area contributed by atoms with Gasteiger partial charge in [-0.1, -0.05) is 6.92 Å². The van der Waals surface area contributed by atoms with Crippen molar-refractivity contribution in [3.05, 3.63) is 0 Å². The summed E-state index contributed by atoms with van der Waals surface area (Å²) in [5.74, 6) is -7.44. The Morgan fingerprint density at radius 1 is 0.528 bits per heavy atom. The van der Waals surface area contributed by atoms with Crippen molar-refractivity contribution in [2.75, 3.05) is 44.1 Å². The Balaban J connectivity index is -0.000000460. The van der Waals surface area contributed by atoms with Crippen molar-refractivity contribution in [2.45, 2.75) is 27.2 Å². The van der Waals surface area contributed by atoms with Crippen LogP contribution in [-0.2, 0) is 73.2 Å². The van der Waals surface area contributed by atoms with E-state index < -0.39 is 78.3 Å². The SMILES string of the molecule is CCC(=O)OCOC(=O)CS(=O)(=O)[O-].CCOC(=O)CS(=O)(=O)[O-].CCOCOC(=O)CS(=O)(=O)[O-]. The smallest absolute Gasteiger partial charge is 0.322 e. The highest BCUT2D eigenvalue weighted by atomic mass is 32.2. The van der Waals surface area contributed by atoms with Gasteiger partial charge < -0.3 is 37.3 Å². The molecule has 0 rings (SSSR count). The van der Waals surface area contributed by atoms with E-state index in [1.54, 1.807) is 6.92 Å². The molecule has 0 aromatic carbocycles. The quantitative estimate of drug-likeness (QED) is 0.0686. The van der Waals surface area contributed by atoms with Crippen LogP contribution in [-0.4, -0.2) is 107 Å². The number of hydrogen-bond donors (Lipinski definition) is 0. The highest BCUT2D eigenvalue weighted by Gasteiger charge is 2.09. The lowest BCUT2D eigenvalue weighted by molar-refractivity contribution is -0.165. The molecule has 18 nitrogen and oxygen atoms in total. The van der Waals surface area contributed by atoms with Crippen molar-refractivity contribution in [2.24, 2.45) is 0 Å². The lowest BCUT2D eigenvalue weighted by Crippen LogP contribution is -2.20. The summed E-state index contributed by atoms with van der Waals surface area (Å²) in [5.41, 5.74) is 0. The largest absolute Gasteiger partial charge is 0.748 e. The molecule has 0 saturated heterocycles. The molecule has 214 valence electrons. The Bertz CT molecular complexity index is 996. The van der Waals surface area contributed by atoms with Crippen molar-refractivity contribution in [3.8, 4) is 0 Å². The number of ether oxygens (including phenoxy) is 5. The van der Waals surface area contributed by atoms with Crippen LogP contribution in [0.1, 0.15) is 27.2 Å². The minimum atomic E-state index is -4.64. The van der Waals surface area contributed by atoms with Crippen molar-refractivity contribution in [3.63, 3.8) is 0 Å². The van der Waals surface area contributed by atoms with Gasteiger partial charge in [-0.15, -0.1) is 0 Å². The second kappa shape index (κ2) is 19.7. The maximum atomic E-state index is 10.5. The van der Waals surface area contributed by atoms with E-state index >= 15 is 0 Å². The zero-order chi connectivity index (χ0) is 29.0. The fourth-order valence-corrected chi connectivity index (χ4v) is 2.29. The number of hydrogen-bond acceptors (Lipinski definition) is 18. The highest BCUT2D eigenvalue weighted by molar-refractivity contribution is 7.86. The fourth-order valence-electron chi connectivity index (χ4n) is 1.17.